The maximum absolute atomic E-state index is 11.9. The zero-order valence-electron chi connectivity index (χ0n) is 11.3. The SMILES string of the molecule is O=C(O)[C@H]1CCC[C@H]1C(=O)NCCCOCC1CC1. The zero-order valence-corrected chi connectivity index (χ0v) is 11.3. The van der Waals surface area contributed by atoms with Gasteiger partial charge in [-0.2, -0.15) is 0 Å². The van der Waals surface area contributed by atoms with Crippen LogP contribution in [0.5, 0.6) is 0 Å². The Bertz CT molecular complexity index is 327. The van der Waals surface area contributed by atoms with E-state index in [0.29, 0.717) is 26.0 Å². The molecule has 1 amide bonds. The number of carbonyl (C=O) groups is 2. The second kappa shape index (κ2) is 6.89. The molecule has 0 aromatic heterocycles. The standard InChI is InChI=1S/C14H23NO4/c16-13(11-3-1-4-12(11)14(17)18)15-7-2-8-19-9-10-5-6-10/h10-12H,1-9H2,(H,15,16)(H,17,18)/t11-,12+/m1/s1. The smallest absolute Gasteiger partial charge is 0.307 e. The first-order chi connectivity index (χ1) is 9.18. The van der Waals surface area contributed by atoms with Crippen LogP contribution in [-0.4, -0.2) is 36.7 Å². The van der Waals surface area contributed by atoms with Gasteiger partial charge in [-0.1, -0.05) is 6.42 Å². The number of hydrogen-bond acceptors (Lipinski definition) is 3. The Kier molecular flexibility index (Phi) is 5.19. The number of ether oxygens (including phenoxy) is 1. The van der Waals surface area contributed by atoms with E-state index in [9.17, 15) is 9.59 Å². The van der Waals surface area contributed by atoms with Crippen LogP contribution in [0.1, 0.15) is 38.5 Å². The molecule has 19 heavy (non-hydrogen) atoms. The van der Waals surface area contributed by atoms with E-state index < -0.39 is 11.9 Å². The third-order valence-corrected chi connectivity index (χ3v) is 3.99. The Morgan fingerprint density at radius 1 is 1.16 bits per heavy atom. The van der Waals surface area contributed by atoms with Crippen LogP contribution in [0.4, 0.5) is 0 Å². The lowest BCUT2D eigenvalue weighted by molar-refractivity contribution is -0.146. The largest absolute Gasteiger partial charge is 0.481 e. The van der Waals surface area contributed by atoms with Crippen molar-refractivity contribution >= 4 is 11.9 Å². The molecule has 2 rings (SSSR count). The molecule has 0 bridgehead atoms. The third kappa shape index (κ3) is 4.49. The van der Waals surface area contributed by atoms with Gasteiger partial charge >= 0.3 is 5.97 Å². The van der Waals surface area contributed by atoms with Crippen LogP contribution in [0.25, 0.3) is 0 Å². The van der Waals surface area contributed by atoms with Gasteiger partial charge in [-0.3, -0.25) is 9.59 Å². The van der Waals surface area contributed by atoms with Gasteiger partial charge < -0.3 is 15.2 Å². The molecule has 5 nitrogen and oxygen atoms in total. The van der Waals surface area contributed by atoms with Crippen LogP contribution in [0.2, 0.25) is 0 Å². The minimum Gasteiger partial charge on any atom is -0.481 e. The molecule has 2 fully saturated rings. The predicted octanol–water partition coefficient (Wildman–Crippen LogP) is 1.42. The molecule has 0 saturated heterocycles. The Balaban J connectivity index is 1.56. The Labute approximate surface area is 113 Å². The normalized spacial score (nSPS) is 26.3. The van der Waals surface area contributed by atoms with Crippen LogP contribution in [0, 0.1) is 17.8 Å². The van der Waals surface area contributed by atoms with Crippen molar-refractivity contribution in [1.29, 1.82) is 0 Å². The first kappa shape index (κ1) is 14.3. The molecule has 108 valence electrons. The summed E-state index contributed by atoms with van der Waals surface area (Å²) in [6.07, 6.45) is 5.52. The van der Waals surface area contributed by atoms with E-state index in [1.807, 2.05) is 0 Å². The fourth-order valence-electron chi connectivity index (χ4n) is 2.62. The van der Waals surface area contributed by atoms with Crippen LogP contribution >= 0.6 is 0 Å². The van der Waals surface area contributed by atoms with Crippen LogP contribution < -0.4 is 5.32 Å². The number of amides is 1. The molecule has 0 radical (unpaired) electrons. The fraction of sp³-hybridized carbons (Fsp3) is 0.857. The van der Waals surface area contributed by atoms with Crippen LogP contribution in [-0.2, 0) is 14.3 Å². The summed E-state index contributed by atoms with van der Waals surface area (Å²) >= 11 is 0. The second-order valence-corrected chi connectivity index (χ2v) is 5.64. The summed E-state index contributed by atoms with van der Waals surface area (Å²) < 4.78 is 5.48. The summed E-state index contributed by atoms with van der Waals surface area (Å²) in [6, 6.07) is 0. The molecule has 5 heteroatoms. The highest BCUT2D eigenvalue weighted by atomic mass is 16.5. The van der Waals surface area contributed by atoms with Crippen molar-refractivity contribution in [2.45, 2.75) is 38.5 Å². The summed E-state index contributed by atoms with van der Waals surface area (Å²) in [7, 11) is 0. The Hall–Kier alpha value is -1.10. The first-order valence-electron chi connectivity index (χ1n) is 7.26. The highest BCUT2D eigenvalue weighted by Gasteiger charge is 2.37. The molecule has 0 heterocycles. The number of carbonyl (C=O) groups excluding carboxylic acids is 1. The summed E-state index contributed by atoms with van der Waals surface area (Å²) in [5.74, 6) is -1.02. The molecule has 0 aromatic rings. The van der Waals surface area contributed by atoms with Gasteiger partial charge in [0.2, 0.25) is 5.91 Å². The van der Waals surface area contributed by atoms with Gasteiger partial charge in [-0.05, 0) is 38.0 Å². The van der Waals surface area contributed by atoms with Gasteiger partial charge in [-0.25, -0.2) is 0 Å². The van der Waals surface area contributed by atoms with Crippen molar-refractivity contribution in [2.75, 3.05) is 19.8 Å². The van der Waals surface area contributed by atoms with Crippen molar-refractivity contribution in [1.82, 2.24) is 5.32 Å². The highest BCUT2D eigenvalue weighted by molar-refractivity contribution is 5.85. The predicted molar refractivity (Wildman–Crippen MR) is 69.6 cm³/mol. The summed E-state index contributed by atoms with van der Waals surface area (Å²) in [6.45, 7) is 2.09. The number of nitrogens with one attached hydrogen (secondary N) is 1. The van der Waals surface area contributed by atoms with E-state index in [1.54, 1.807) is 0 Å². The minimum atomic E-state index is -0.842. The van der Waals surface area contributed by atoms with Gasteiger partial charge in [0.05, 0.1) is 11.8 Å². The maximum atomic E-state index is 11.9. The fourth-order valence-corrected chi connectivity index (χ4v) is 2.62. The average molecular weight is 269 g/mol. The third-order valence-electron chi connectivity index (χ3n) is 3.99. The second-order valence-electron chi connectivity index (χ2n) is 5.64. The van der Waals surface area contributed by atoms with Crippen molar-refractivity contribution in [3.63, 3.8) is 0 Å². The van der Waals surface area contributed by atoms with Gasteiger partial charge in [0.1, 0.15) is 0 Å². The number of rotatable bonds is 8. The summed E-state index contributed by atoms with van der Waals surface area (Å²) in [5, 5.41) is 11.9. The minimum absolute atomic E-state index is 0.105. The molecule has 2 saturated carbocycles. The Morgan fingerprint density at radius 2 is 1.89 bits per heavy atom. The molecular formula is C14H23NO4. The van der Waals surface area contributed by atoms with E-state index in [2.05, 4.69) is 5.32 Å². The monoisotopic (exact) mass is 269 g/mol. The van der Waals surface area contributed by atoms with E-state index in [1.165, 1.54) is 12.8 Å². The van der Waals surface area contributed by atoms with Gasteiger partial charge in [0.15, 0.2) is 0 Å². The molecule has 2 atom stereocenters. The maximum Gasteiger partial charge on any atom is 0.307 e. The van der Waals surface area contributed by atoms with E-state index >= 15 is 0 Å². The Morgan fingerprint density at radius 3 is 2.58 bits per heavy atom. The average Bonchev–Trinajstić information content (AvgIpc) is 3.06. The molecule has 2 aliphatic rings. The summed E-state index contributed by atoms with van der Waals surface area (Å²) in [5.41, 5.74) is 0. The first-order valence-corrected chi connectivity index (χ1v) is 7.26. The number of carboxylic acids is 1. The van der Waals surface area contributed by atoms with Gasteiger partial charge in [-0.15, -0.1) is 0 Å². The number of aliphatic carboxylic acids is 1. The molecule has 0 spiro atoms. The van der Waals surface area contributed by atoms with Crippen molar-refractivity contribution < 1.29 is 19.4 Å². The molecule has 2 N–H and O–H groups in total. The van der Waals surface area contributed by atoms with Gasteiger partial charge in [0, 0.05) is 19.8 Å². The molecule has 2 aliphatic carbocycles. The number of hydrogen-bond donors (Lipinski definition) is 2. The molecule has 0 aliphatic heterocycles. The van der Waals surface area contributed by atoms with E-state index in [4.69, 9.17) is 9.84 Å². The van der Waals surface area contributed by atoms with Gasteiger partial charge in [0.25, 0.3) is 0 Å². The van der Waals surface area contributed by atoms with Crippen molar-refractivity contribution in [2.24, 2.45) is 17.8 Å². The number of carboxylic acid groups (broad SMARTS) is 1. The lowest BCUT2D eigenvalue weighted by Gasteiger charge is -2.15. The lowest BCUT2D eigenvalue weighted by atomic mass is 9.95. The van der Waals surface area contributed by atoms with Crippen molar-refractivity contribution in [3.05, 3.63) is 0 Å². The highest BCUT2D eigenvalue weighted by Crippen LogP contribution is 2.32. The zero-order chi connectivity index (χ0) is 13.7. The molecular weight excluding hydrogens is 246 g/mol. The van der Waals surface area contributed by atoms with Crippen LogP contribution in [0.3, 0.4) is 0 Å². The van der Waals surface area contributed by atoms with E-state index in [-0.39, 0.29) is 11.8 Å². The van der Waals surface area contributed by atoms with E-state index in [0.717, 1.165) is 25.4 Å². The topological polar surface area (TPSA) is 75.6 Å². The molecule has 0 unspecified atom stereocenters. The molecule has 0 aromatic carbocycles. The lowest BCUT2D eigenvalue weighted by Crippen LogP contribution is -2.36. The quantitative estimate of drug-likeness (QED) is 0.653. The summed E-state index contributed by atoms with van der Waals surface area (Å²) in [4.78, 5) is 22.9. The van der Waals surface area contributed by atoms with Crippen LogP contribution in [0.15, 0.2) is 0 Å². The van der Waals surface area contributed by atoms with Crippen molar-refractivity contribution in [3.8, 4) is 0 Å².